The Bertz CT molecular complexity index is 551. The zero-order valence-corrected chi connectivity index (χ0v) is 12.2. The van der Waals surface area contributed by atoms with Gasteiger partial charge in [0, 0.05) is 5.02 Å². The van der Waals surface area contributed by atoms with Gasteiger partial charge in [0.05, 0.1) is 13.2 Å². The molecule has 3 heteroatoms. The van der Waals surface area contributed by atoms with Gasteiger partial charge in [-0.1, -0.05) is 29.8 Å². The third kappa shape index (κ3) is 3.09. The molecule has 0 saturated carbocycles. The van der Waals surface area contributed by atoms with Crippen LogP contribution in [0, 0.1) is 6.92 Å². The van der Waals surface area contributed by atoms with E-state index in [2.05, 4.69) is 24.4 Å². The van der Waals surface area contributed by atoms with Crippen molar-refractivity contribution in [1.82, 2.24) is 5.32 Å². The highest BCUT2D eigenvalue weighted by atomic mass is 35.5. The topological polar surface area (TPSA) is 21.3 Å². The van der Waals surface area contributed by atoms with E-state index in [0.717, 1.165) is 10.8 Å². The number of hydrogen-bond donors (Lipinski definition) is 1. The molecule has 0 radical (unpaired) electrons. The van der Waals surface area contributed by atoms with Gasteiger partial charge in [-0.3, -0.25) is 0 Å². The van der Waals surface area contributed by atoms with E-state index in [9.17, 15) is 0 Å². The van der Waals surface area contributed by atoms with Gasteiger partial charge in [0.1, 0.15) is 5.75 Å². The summed E-state index contributed by atoms with van der Waals surface area (Å²) < 4.78 is 5.25. The minimum Gasteiger partial charge on any atom is -0.497 e. The fourth-order valence-electron chi connectivity index (χ4n) is 2.26. The normalized spacial score (nSPS) is 12.2. The van der Waals surface area contributed by atoms with Gasteiger partial charge in [-0.15, -0.1) is 0 Å². The van der Waals surface area contributed by atoms with E-state index in [-0.39, 0.29) is 6.04 Å². The average molecular weight is 276 g/mol. The van der Waals surface area contributed by atoms with Crippen molar-refractivity contribution in [2.45, 2.75) is 13.0 Å². The number of benzene rings is 2. The summed E-state index contributed by atoms with van der Waals surface area (Å²) >= 11 is 5.94. The van der Waals surface area contributed by atoms with E-state index in [4.69, 9.17) is 16.3 Å². The molecule has 0 aliphatic carbocycles. The maximum absolute atomic E-state index is 5.94. The molecule has 2 rings (SSSR count). The number of methoxy groups -OCH3 is 1. The molecular weight excluding hydrogens is 258 g/mol. The lowest BCUT2D eigenvalue weighted by atomic mass is 9.95. The van der Waals surface area contributed by atoms with E-state index in [1.807, 2.05) is 37.4 Å². The van der Waals surface area contributed by atoms with Crippen LogP contribution in [0.5, 0.6) is 5.75 Å². The lowest BCUT2D eigenvalue weighted by Gasteiger charge is -2.20. The van der Waals surface area contributed by atoms with Crippen LogP contribution in [0.15, 0.2) is 42.5 Å². The van der Waals surface area contributed by atoms with Crippen molar-refractivity contribution in [2.24, 2.45) is 0 Å². The van der Waals surface area contributed by atoms with Gasteiger partial charge in [-0.05, 0) is 54.9 Å². The maximum Gasteiger partial charge on any atom is 0.119 e. The Morgan fingerprint density at radius 1 is 1.11 bits per heavy atom. The second-order valence-electron chi connectivity index (χ2n) is 4.50. The van der Waals surface area contributed by atoms with Gasteiger partial charge in [0.15, 0.2) is 0 Å². The van der Waals surface area contributed by atoms with Gasteiger partial charge >= 0.3 is 0 Å². The van der Waals surface area contributed by atoms with Crippen molar-refractivity contribution in [3.05, 3.63) is 64.2 Å². The summed E-state index contributed by atoms with van der Waals surface area (Å²) in [6.45, 7) is 2.10. The van der Waals surface area contributed by atoms with Crippen LogP contribution >= 0.6 is 11.6 Å². The SMILES string of the molecule is CNC(c1ccc(Cl)cc1)c1ccc(OC)cc1C. The molecule has 0 spiro atoms. The van der Waals surface area contributed by atoms with Gasteiger partial charge in [-0.25, -0.2) is 0 Å². The lowest BCUT2D eigenvalue weighted by Crippen LogP contribution is -2.18. The first-order valence-electron chi connectivity index (χ1n) is 6.23. The van der Waals surface area contributed by atoms with Crippen LogP contribution in [-0.2, 0) is 0 Å². The number of nitrogens with one attached hydrogen (secondary N) is 1. The second kappa shape index (κ2) is 6.09. The fraction of sp³-hybridized carbons (Fsp3) is 0.250. The lowest BCUT2D eigenvalue weighted by molar-refractivity contribution is 0.414. The Hall–Kier alpha value is -1.51. The molecule has 0 aliphatic rings. The molecule has 19 heavy (non-hydrogen) atoms. The minimum atomic E-state index is 0.156. The number of halogens is 1. The van der Waals surface area contributed by atoms with Gasteiger partial charge in [0.25, 0.3) is 0 Å². The number of hydrogen-bond acceptors (Lipinski definition) is 2. The monoisotopic (exact) mass is 275 g/mol. The van der Waals surface area contributed by atoms with Crippen LogP contribution in [0.2, 0.25) is 5.02 Å². The van der Waals surface area contributed by atoms with E-state index in [0.29, 0.717) is 0 Å². The molecule has 0 amide bonds. The van der Waals surface area contributed by atoms with Gasteiger partial charge in [0.2, 0.25) is 0 Å². The van der Waals surface area contributed by atoms with Crippen LogP contribution in [-0.4, -0.2) is 14.2 Å². The average Bonchev–Trinajstić information content (AvgIpc) is 2.43. The third-order valence-corrected chi connectivity index (χ3v) is 3.53. The molecule has 0 fully saturated rings. The van der Waals surface area contributed by atoms with Crippen molar-refractivity contribution in [3.8, 4) is 5.75 Å². The summed E-state index contributed by atoms with van der Waals surface area (Å²) in [6.07, 6.45) is 0. The number of rotatable bonds is 4. The Labute approximate surface area is 119 Å². The number of aryl methyl sites for hydroxylation is 1. The summed E-state index contributed by atoms with van der Waals surface area (Å²) in [7, 11) is 3.64. The first-order chi connectivity index (χ1) is 9.15. The molecule has 2 nitrogen and oxygen atoms in total. The highest BCUT2D eigenvalue weighted by Gasteiger charge is 2.14. The van der Waals surface area contributed by atoms with Crippen LogP contribution < -0.4 is 10.1 Å². The standard InChI is InChI=1S/C16H18ClNO/c1-11-10-14(19-3)8-9-15(11)16(18-2)12-4-6-13(17)7-5-12/h4-10,16,18H,1-3H3. The van der Waals surface area contributed by atoms with E-state index in [1.165, 1.54) is 16.7 Å². The first-order valence-corrected chi connectivity index (χ1v) is 6.60. The summed E-state index contributed by atoms with van der Waals surface area (Å²) in [5.41, 5.74) is 3.64. The molecule has 0 saturated heterocycles. The van der Waals surface area contributed by atoms with Crippen LogP contribution in [0.25, 0.3) is 0 Å². The quantitative estimate of drug-likeness (QED) is 0.912. The van der Waals surface area contributed by atoms with Crippen molar-refractivity contribution in [3.63, 3.8) is 0 Å². The first kappa shape index (κ1) is 13.9. The van der Waals surface area contributed by atoms with E-state index < -0.39 is 0 Å². The Morgan fingerprint density at radius 2 is 1.79 bits per heavy atom. The smallest absolute Gasteiger partial charge is 0.119 e. The molecule has 2 aromatic rings. The second-order valence-corrected chi connectivity index (χ2v) is 4.93. The molecule has 0 aliphatic heterocycles. The predicted molar refractivity (Wildman–Crippen MR) is 80.1 cm³/mol. The highest BCUT2D eigenvalue weighted by molar-refractivity contribution is 6.30. The van der Waals surface area contributed by atoms with Crippen molar-refractivity contribution in [1.29, 1.82) is 0 Å². The third-order valence-electron chi connectivity index (χ3n) is 3.28. The summed E-state index contributed by atoms with van der Waals surface area (Å²) in [4.78, 5) is 0. The Kier molecular flexibility index (Phi) is 4.46. The molecule has 0 bridgehead atoms. The summed E-state index contributed by atoms with van der Waals surface area (Å²) in [6, 6.07) is 14.2. The van der Waals surface area contributed by atoms with E-state index in [1.54, 1.807) is 7.11 Å². The van der Waals surface area contributed by atoms with Crippen molar-refractivity contribution in [2.75, 3.05) is 14.2 Å². The molecule has 1 N–H and O–H groups in total. The van der Waals surface area contributed by atoms with E-state index >= 15 is 0 Å². The maximum atomic E-state index is 5.94. The van der Waals surface area contributed by atoms with Crippen LogP contribution in [0.1, 0.15) is 22.7 Å². The summed E-state index contributed by atoms with van der Waals surface area (Å²) in [5.74, 6) is 0.882. The molecule has 1 unspecified atom stereocenters. The largest absolute Gasteiger partial charge is 0.497 e. The zero-order chi connectivity index (χ0) is 13.8. The van der Waals surface area contributed by atoms with Gasteiger partial charge < -0.3 is 10.1 Å². The molecule has 0 heterocycles. The van der Waals surface area contributed by atoms with Gasteiger partial charge in [-0.2, -0.15) is 0 Å². The summed E-state index contributed by atoms with van der Waals surface area (Å²) in [5, 5.41) is 4.10. The molecule has 100 valence electrons. The number of ether oxygens (including phenoxy) is 1. The van der Waals surface area contributed by atoms with Crippen LogP contribution in [0.4, 0.5) is 0 Å². The minimum absolute atomic E-state index is 0.156. The molecule has 1 atom stereocenters. The molecule has 2 aromatic carbocycles. The van der Waals surface area contributed by atoms with Crippen molar-refractivity contribution < 1.29 is 4.74 Å². The fourth-order valence-corrected chi connectivity index (χ4v) is 2.38. The molecular formula is C16H18ClNO. The van der Waals surface area contributed by atoms with Crippen molar-refractivity contribution >= 4 is 11.6 Å². The zero-order valence-electron chi connectivity index (χ0n) is 11.4. The predicted octanol–water partition coefficient (Wildman–Crippen LogP) is 3.97. The van der Waals surface area contributed by atoms with Crippen LogP contribution in [0.3, 0.4) is 0 Å². The Balaban J connectivity index is 2.39. The molecule has 0 aromatic heterocycles. The highest BCUT2D eigenvalue weighted by Crippen LogP contribution is 2.28. The Morgan fingerprint density at radius 3 is 2.32 bits per heavy atom.